The average Bonchev–Trinajstić information content (AvgIpc) is 3.63. The molecule has 0 atom stereocenters. The van der Waals surface area contributed by atoms with Crippen LogP contribution >= 0.6 is 0 Å². The molecule has 4 aromatic rings. The van der Waals surface area contributed by atoms with Crippen molar-refractivity contribution in [1.82, 2.24) is 0 Å². The van der Waals surface area contributed by atoms with Gasteiger partial charge in [-0.05, 0) is 157 Å². The van der Waals surface area contributed by atoms with E-state index in [9.17, 15) is 0 Å². The van der Waals surface area contributed by atoms with E-state index in [2.05, 4.69) is 130 Å². The van der Waals surface area contributed by atoms with Crippen LogP contribution in [0.5, 0.6) is 0 Å². The second-order valence-corrected chi connectivity index (χ2v) is 18.4. The number of aryl methyl sites for hydroxylation is 4. The molecule has 0 radical (unpaired) electrons. The Morgan fingerprint density at radius 2 is 0.860 bits per heavy atom. The SMILES string of the molecule is CC[Si](CC)(C1=Cc2c(cccc2-c2c(C)c(C)cc(C)c2C)C1)C1=Cc2c(cccc2-c2c(C)c(C)cc(C)c2C)C1. The van der Waals surface area contributed by atoms with Gasteiger partial charge in [-0.1, -0.05) is 97.0 Å². The minimum Gasteiger partial charge on any atom is -0.0709 e. The molecule has 0 N–H and O–H groups in total. The standard InChI is InChI=1S/C42H48Si/c1-11-43(12-2,35-21-33-15-13-17-37(39(33)23-35)41-29(7)25(3)19-26(4)30(41)8)36-22-34-16-14-18-38(40(34)24-36)42-31(9)27(5)20-28(6)32(42)10/h13-20,23-24H,11-12,21-22H2,1-10H3. The van der Waals surface area contributed by atoms with E-state index in [0.717, 1.165) is 12.8 Å². The third-order valence-electron chi connectivity index (χ3n) is 11.5. The molecule has 0 aromatic heterocycles. The van der Waals surface area contributed by atoms with E-state index in [1.54, 1.807) is 10.4 Å². The van der Waals surface area contributed by atoms with E-state index < -0.39 is 8.07 Å². The summed E-state index contributed by atoms with van der Waals surface area (Å²) in [7, 11) is -1.90. The van der Waals surface area contributed by atoms with Gasteiger partial charge in [0.2, 0.25) is 0 Å². The van der Waals surface area contributed by atoms with E-state index in [0.29, 0.717) is 0 Å². The summed E-state index contributed by atoms with van der Waals surface area (Å²) in [6.45, 7) is 23.2. The summed E-state index contributed by atoms with van der Waals surface area (Å²) in [5, 5.41) is 3.47. The maximum atomic E-state index is 2.66. The van der Waals surface area contributed by atoms with Gasteiger partial charge in [-0.3, -0.25) is 0 Å². The minimum atomic E-state index is -1.90. The number of fused-ring (bicyclic) bond motifs is 2. The van der Waals surface area contributed by atoms with E-state index in [-0.39, 0.29) is 0 Å². The highest BCUT2D eigenvalue weighted by Crippen LogP contribution is 2.48. The lowest BCUT2D eigenvalue weighted by atomic mass is 9.87. The number of benzene rings is 4. The molecule has 0 fully saturated rings. The molecule has 43 heavy (non-hydrogen) atoms. The smallest absolute Gasteiger partial charge is 0.0709 e. The fraction of sp³-hybridized carbons (Fsp3) is 0.333. The summed E-state index contributed by atoms with van der Waals surface area (Å²) in [5.41, 5.74) is 23.0. The van der Waals surface area contributed by atoms with Crippen molar-refractivity contribution in [1.29, 1.82) is 0 Å². The molecule has 6 rings (SSSR count). The topological polar surface area (TPSA) is 0 Å². The van der Waals surface area contributed by atoms with Gasteiger partial charge in [0.15, 0.2) is 0 Å². The van der Waals surface area contributed by atoms with Crippen LogP contribution in [-0.4, -0.2) is 8.07 Å². The molecule has 4 aromatic carbocycles. The van der Waals surface area contributed by atoms with Crippen LogP contribution in [0.1, 0.15) is 80.6 Å². The van der Waals surface area contributed by atoms with Gasteiger partial charge in [0, 0.05) is 0 Å². The number of hydrogen-bond acceptors (Lipinski definition) is 0. The van der Waals surface area contributed by atoms with E-state index in [1.807, 2.05) is 0 Å². The quantitative estimate of drug-likeness (QED) is 0.199. The molecule has 0 heterocycles. The van der Waals surface area contributed by atoms with Crippen molar-refractivity contribution < 1.29 is 0 Å². The molecule has 1 heteroatoms. The molecule has 220 valence electrons. The first kappa shape index (κ1) is 29.6. The zero-order chi connectivity index (χ0) is 30.8. The van der Waals surface area contributed by atoms with Gasteiger partial charge in [0.05, 0.1) is 0 Å². The Bertz CT molecular complexity index is 1670. The Labute approximate surface area is 261 Å². The van der Waals surface area contributed by atoms with Crippen molar-refractivity contribution >= 4 is 20.2 Å². The molecule has 0 unspecified atom stereocenters. The summed E-state index contributed by atoms with van der Waals surface area (Å²) >= 11 is 0. The number of hydrogen-bond donors (Lipinski definition) is 0. The molecule has 0 saturated heterocycles. The van der Waals surface area contributed by atoms with E-state index >= 15 is 0 Å². The summed E-state index contributed by atoms with van der Waals surface area (Å²) in [5.74, 6) is 0. The third kappa shape index (κ3) is 4.54. The first-order chi connectivity index (χ1) is 20.5. The molecule has 0 amide bonds. The zero-order valence-corrected chi connectivity index (χ0v) is 29.1. The highest BCUT2D eigenvalue weighted by Gasteiger charge is 2.41. The van der Waals surface area contributed by atoms with Crippen LogP contribution in [0.4, 0.5) is 0 Å². The van der Waals surface area contributed by atoms with Gasteiger partial charge in [-0.15, -0.1) is 0 Å². The lowest BCUT2D eigenvalue weighted by Gasteiger charge is -2.33. The van der Waals surface area contributed by atoms with Gasteiger partial charge in [0.1, 0.15) is 8.07 Å². The van der Waals surface area contributed by atoms with Crippen molar-refractivity contribution in [3.8, 4) is 22.3 Å². The molecule has 0 nitrogen and oxygen atoms in total. The molecular formula is C42H48Si. The molecular weight excluding hydrogens is 533 g/mol. The lowest BCUT2D eigenvalue weighted by Crippen LogP contribution is -2.39. The number of allylic oxidation sites excluding steroid dienone is 2. The Balaban J connectivity index is 1.49. The highest BCUT2D eigenvalue weighted by atomic mass is 28.3. The third-order valence-corrected chi connectivity index (χ3v) is 17.0. The van der Waals surface area contributed by atoms with Crippen molar-refractivity contribution in [3.63, 3.8) is 0 Å². The van der Waals surface area contributed by atoms with Crippen LogP contribution in [-0.2, 0) is 12.8 Å². The molecule has 2 aliphatic rings. The second-order valence-electron chi connectivity index (χ2n) is 13.5. The zero-order valence-electron chi connectivity index (χ0n) is 28.1. The van der Waals surface area contributed by atoms with Crippen LogP contribution in [0.25, 0.3) is 34.4 Å². The van der Waals surface area contributed by atoms with Crippen LogP contribution in [0.15, 0.2) is 58.9 Å². The Morgan fingerprint density at radius 1 is 0.512 bits per heavy atom. The molecule has 0 saturated carbocycles. The largest absolute Gasteiger partial charge is 0.109 e. The second kappa shape index (κ2) is 10.9. The van der Waals surface area contributed by atoms with Crippen LogP contribution in [0, 0.1) is 55.4 Å². The molecule has 0 aliphatic heterocycles. The minimum absolute atomic E-state index is 1.11. The van der Waals surface area contributed by atoms with Crippen molar-refractivity contribution in [2.75, 3.05) is 0 Å². The van der Waals surface area contributed by atoms with Crippen molar-refractivity contribution in [2.45, 2.75) is 94.2 Å². The monoisotopic (exact) mass is 580 g/mol. The van der Waals surface area contributed by atoms with Gasteiger partial charge < -0.3 is 0 Å². The number of rotatable bonds is 6. The van der Waals surface area contributed by atoms with Crippen molar-refractivity contribution in [3.05, 3.63) is 126 Å². The summed E-state index contributed by atoms with van der Waals surface area (Å²) in [4.78, 5) is 0. The van der Waals surface area contributed by atoms with Crippen LogP contribution < -0.4 is 0 Å². The van der Waals surface area contributed by atoms with Gasteiger partial charge in [-0.25, -0.2) is 0 Å². The summed E-state index contributed by atoms with van der Waals surface area (Å²) in [6.07, 6.45) is 7.53. The first-order valence-corrected chi connectivity index (χ1v) is 18.7. The van der Waals surface area contributed by atoms with Crippen LogP contribution in [0.3, 0.4) is 0 Å². The fourth-order valence-corrected chi connectivity index (χ4v) is 13.0. The van der Waals surface area contributed by atoms with Crippen LogP contribution in [0.2, 0.25) is 12.1 Å². The van der Waals surface area contributed by atoms with Gasteiger partial charge >= 0.3 is 0 Å². The first-order valence-electron chi connectivity index (χ1n) is 16.3. The molecule has 2 aliphatic carbocycles. The fourth-order valence-electron chi connectivity index (χ4n) is 8.39. The maximum Gasteiger partial charge on any atom is 0.109 e. The average molecular weight is 581 g/mol. The Kier molecular flexibility index (Phi) is 7.54. The van der Waals surface area contributed by atoms with Crippen molar-refractivity contribution in [2.24, 2.45) is 0 Å². The predicted molar refractivity (Wildman–Crippen MR) is 192 cm³/mol. The summed E-state index contributed by atoms with van der Waals surface area (Å²) < 4.78 is 0. The maximum absolute atomic E-state index is 2.66. The van der Waals surface area contributed by atoms with E-state index in [1.165, 1.54) is 101 Å². The normalized spacial score (nSPS) is 14.1. The molecule has 0 bridgehead atoms. The predicted octanol–water partition coefficient (Wildman–Crippen LogP) is 11.6. The Hall–Kier alpha value is -3.42. The lowest BCUT2D eigenvalue weighted by molar-refractivity contribution is 1.15. The molecule has 0 spiro atoms. The Morgan fingerprint density at radius 3 is 1.19 bits per heavy atom. The van der Waals surface area contributed by atoms with E-state index in [4.69, 9.17) is 0 Å². The highest BCUT2D eigenvalue weighted by molar-refractivity contribution is 6.94. The van der Waals surface area contributed by atoms with Gasteiger partial charge in [-0.2, -0.15) is 0 Å². The van der Waals surface area contributed by atoms with Gasteiger partial charge in [0.25, 0.3) is 0 Å². The summed E-state index contributed by atoms with van der Waals surface area (Å²) in [6, 6.07) is 21.4.